The van der Waals surface area contributed by atoms with E-state index in [2.05, 4.69) is 32.6 Å². The minimum atomic E-state index is -1.03. The van der Waals surface area contributed by atoms with Crippen LogP contribution in [-0.4, -0.2) is 28.9 Å². The zero-order valence-corrected chi connectivity index (χ0v) is 11.8. The number of carbonyl (C=O) groups is 1. The average molecular weight is 257 g/mol. The molecule has 0 radical (unpaired) electrons. The van der Waals surface area contributed by atoms with Crippen LogP contribution in [0.3, 0.4) is 0 Å². The SMILES string of the molecule is CCOC(=O)CC(C)(N=C=S)/N=N/C(C)(C)C. The van der Waals surface area contributed by atoms with Gasteiger partial charge in [-0.2, -0.15) is 15.2 Å². The van der Waals surface area contributed by atoms with Crippen LogP contribution in [0.2, 0.25) is 0 Å². The summed E-state index contributed by atoms with van der Waals surface area (Å²) in [6, 6.07) is 0. The third kappa shape index (κ3) is 7.71. The van der Waals surface area contributed by atoms with Crippen LogP contribution in [0, 0.1) is 0 Å². The Balaban J connectivity index is 4.86. The first-order valence-electron chi connectivity index (χ1n) is 5.41. The van der Waals surface area contributed by atoms with Crippen LogP contribution in [0.1, 0.15) is 41.0 Å². The molecule has 0 amide bonds. The van der Waals surface area contributed by atoms with Crippen molar-refractivity contribution in [1.29, 1.82) is 0 Å². The molecule has 1 atom stereocenters. The molecule has 0 aromatic carbocycles. The first-order valence-corrected chi connectivity index (χ1v) is 5.82. The van der Waals surface area contributed by atoms with Gasteiger partial charge in [-0.05, 0) is 46.8 Å². The highest BCUT2D eigenvalue weighted by Gasteiger charge is 2.28. The summed E-state index contributed by atoms with van der Waals surface area (Å²) in [5.41, 5.74) is -1.35. The molecule has 0 heterocycles. The Bertz CT molecular complexity index is 343. The van der Waals surface area contributed by atoms with Gasteiger partial charge in [0.05, 0.1) is 23.7 Å². The maximum absolute atomic E-state index is 11.4. The van der Waals surface area contributed by atoms with E-state index in [4.69, 9.17) is 4.74 Å². The number of aliphatic imine (C=N–C) groups is 1. The number of esters is 1. The van der Waals surface area contributed by atoms with E-state index in [1.165, 1.54) is 0 Å². The molecule has 0 aliphatic rings. The van der Waals surface area contributed by atoms with Crippen molar-refractivity contribution in [3.05, 3.63) is 0 Å². The standard InChI is InChI=1S/C11H19N3O2S/c1-6-16-9(15)7-11(5,12-8-17)14-13-10(2,3)4/h6-7H2,1-5H3/b14-13+. The predicted molar refractivity (Wildman–Crippen MR) is 69.3 cm³/mol. The molecule has 17 heavy (non-hydrogen) atoms. The van der Waals surface area contributed by atoms with Gasteiger partial charge in [0.2, 0.25) is 0 Å². The molecule has 0 aliphatic carbocycles. The summed E-state index contributed by atoms with van der Waals surface area (Å²) >= 11 is 4.55. The van der Waals surface area contributed by atoms with Gasteiger partial charge in [-0.1, -0.05) is 0 Å². The number of ether oxygens (including phenoxy) is 1. The van der Waals surface area contributed by atoms with Gasteiger partial charge < -0.3 is 4.74 Å². The molecule has 0 fully saturated rings. The monoisotopic (exact) mass is 257 g/mol. The van der Waals surface area contributed by atoms with E-state index in [-0.39, 0.29) is 17.9 Å². The van der Waals surface area contributed by atoms with Crippen molar-refractivity contribution >= 4 is 23.3 Å². The molecule has 0 rings (SSSR count). The summed E-state index contributed by atoms with van der Waals surface area (Å²) in [5.74, 6) is -0.378. The summed E-state index contributed by atoms with van der Waals surface area (Å²) in [7, 11) is 0. The van der Waals surface area contributed by atoms with E-state index in [0.717, 1.165) is 0 Å². The van der Waals surface area contributed by atoms with Crippen molar-refractivity contribution in [2.75, 3.05) is 6.61 Å². The molecule has 0 saturated heterocycles. The van der Waals surface area contributed by atoms with Gasteiger partial charge in [-0.3, -0.25) is 4.79 Å². The number of azo groups is 1. The van der Waals surface area contributed by atoms with E-state index in [9.17, 15) is 4.79 Å². The Labute approximate surface area is 107 Å². The highest BCUT2D eigenvalue weighted by atomic mass is 32.1. The summed E-state index contributed by atoms with van der Waals surface area (Å²) in [6.07, 6.45) is 0.00403. The van der Waals surface area contributed by atoms with Gasteiger partial charge in [-0.15, -0.1) is 0 Å². The van der Waals surface area contributed by atoms with Crippen molar-refractivity contribution in [3.63, 3.8) is 0 Å². The van der Waals surface area contributed by atoms with Crippen molar-refractivity contribution in [1.82, 2.24) is 0 Å². The van der Waals surface area contributed by atoms with Crippen molar-refractivity contribution < 1.29 is 9.53 Å². The molecule has 0 spiro atoms. The smallest absolute Gasteiger partial charge is 0.310 e. The Morgan fingerprint density at radius 3 is 2.29 bits per heavy atom. The van der Waals surface area contributed by atoms with Crippen LogP contribution in [-0.2, 0) is 9.53 Å². The Kier molecular flexibility index (Phi) is 6.13. The minimum Gasteiger partial charge on any atom is -0.466 e. The number of rotatable bonds is 5. The lowest BCUT2D eigenvalue weighted by Crippen LogP contribution is -2.25. The van der Waals surface area contributed by atoms with E-state index in [1.54, 1.807) is 13.8 Å². The maximum Gasteiger partial charge on any atom is 0.310 e. The normalized spacial score (nSPS) is 15.1. The van der Waals surface area contributed by atoms with Crippen LogP contribution < -0.4 is 0 Å². The lowest BCUT2D eigenvalue weighted by molar-refractivity contribution is -0.144. The van der Waals surface area contributed by atoms with Gasteiger partial charge in [0.1, 0.15) is 0 Å². The number of isothiocyanates is 1. The molecule has 0 aliphatic heterocycles. The van der Waals surface area contributed by atoms with E-state index in [0.29, 0.717) is 6.61 Å². The third-order valence-electron chi connectivity index (χ3n) is 1.64. The average Bonchev–Trinajstić information content (AvgIpc) is 2.14. The molecule has 96 valence electrons. The number of carbonyl (C=O) groups excluding carboxylic acids is 1. The summed E-state index contributed by atoms with van der Waals surface area (Å²) in [6.45, 7) is 9.45. The minimum absolute atomic E-state index is 0.00403. The second kappa shape index (κ2) is 6.57. The van der Waals surface area contributed by atoms with Crippen LogP contribution in [0.5, 0.6) is 0 Å². The Morgan fingerprint density at radius 1 is 1.29 bits per heavy atom. The van der Waals surface area contributed by atoms with Gasteiger partial charge in [-0.25, -0.2) is 0 Å². The lowest BCUT2D eigenvalue weighted by Gasteiger charge is -2.19. The fraction of sp³-hybridized carbons (Fsp3) is 0.818. The number of thiocarbonyl (C=S) groups is 1. The highest BCUT2D eigenvalue weighted by Crippen LogP contribution is 2.21. The molecular weight excluding hydrogens is 238 g/mol. The second-order valence-electron chi connectivity index (χ2n) is 4.77. The largest absolute Gasteiger partial charge is 0.466 e. The van der Waals surface area contributed by atoms with Crippen molar-refractivity contribution in [3.8, 4) is 0 Å². The number of hydrogen-bond acceptors (Lipinski definition) is 6. The maximum atomic E-state index is 11.4. The van der Waals surface area contributed by atoms with E-state index in [1.807, 2.05) is 20.8 Å². The van der Waals surface area contributed by atoms with Crippen LogP contribution in [0.4, 0.5) is 0 Å². The van der Waals surface area contributed by atoms with Gasteiger partial charge in [0, 0.05) is 0 Å². The summed E-state index contributed by atoms with van der Waals surface area (Å²) in [4.78, 5) is 15.3. The van der Waals surface area contributed by atoms with Gasteiger partial charge in [0.25, 0.3) is 0 Å². The second-order valence-corrected chi connectivity index (χ2v) is 4.96. The molecule has 5 nitrogen and oxygen atoms in total. The molecule has 0 bridgehead atoms. The summed E-state index contributed by atoms with van der Waals surface area (Å²) in [5, 5.41) is 10.4. The molecule has 6 heteroatoms. The molecule has 0 aromatic heterocycles. The molecular formula is C11H19N3O2S. The van der Waals surface area contributed by atoms with Crippen LogP contribution >= 0.6 is 12.2 Å². The zero-order chi connectivity index (χ0) is 13.5. The van der Waals surface area contributed by atoms with E-state index >= 15 is 0 Å². The van der Waals surface area contributed by atoms with Crippen LogP contribution in [0.15, 0.2) is 15.2 Å². The molecule has 1 unspecified atom stereocenters. The highest BCUT2D eigenvalue weighted by molar-refractivity contribution is 7.78. The third-order valence-corrected chi connectivity index (χ3v) is 1.73. The lowest BCUT2D eigenvalue weighted by atomic mass is 10.1. The van der Waals surface area contributed by atoms with Crippen molar-refractivity contribution in [2.45, 2.75) is 52.2 Å². The number of nitrogens with zero attached hydrogens (tertiary/aromatic N) is 3. The van der Waals surface area contributed by atoms with Gasteiger partial charge >= 0.3 is 5.97 Å². The molecule has 0 saturated carbocycles. The molecule has 0 aromatic rings. The Hall–Kier alpha value is -1.13. The van der Waals surface area contributed by atoms with Gasteiger partial charge in [0.15, 0.2) is 5.66 Å². The summed E-state index contributed by atoms with van der Waals surface area (Å²) < 4.78 is 4.85. The fourth-order valence-corrected chi connectivity index (χ4v) is 1.14. The molecule has 0 N–H and O–H groups in total. The van der Waals surface area contributed by atoms with Crippen LogP contribution in [0.25, 0.3) is 0 Å². The quantitative estimate of drug-likeness (QED) is 0.329. The topological polar surface area (TPSA) is 63.4 Å². The Morgan fingerprint density at radius 2 is 1.88 bits per heavy atom. The first-order chi connectivity index (χ1) is 7.72. The van der Waals surface area contributed by atoms with Crippen molar-refractivity contribution in [2.24, 2.45) is 15.2 Å². The number of hydrogen-bond donors (Lipinski definition) is 0. The zero-order valence-electron chi connectivity index (χ0n) is 11.0. The predicted octanol–water partition coefficient (Wildman–Crippen LogP) is 3.01. The van der Waals surface area contributed by atoms with E-state index < -0.39 is 5.66 Å². The fourth-order valence-electron chi connectivity index (χ4n) is 0.939. The first kappa shape index (κ1) is 15.9.